The molecule has 1 aliphatic rings. The van der Waals surface area contributed by atoms with Gasteiger partial charge in [-0.25, -0.2) is 4.79 Å². The predicted molar refractivity (Wildman–Crippen MR) is 138 cm³/mol. The molecule has 2 aromatic heterocycles. The molecule has 1 aliphatic heterocycles. The number of pyridine rings is 1. The van der Waals surface area contributed by atoms with Gasteiger partial charge < -0.3 is 19.7 Å². The summed E-state index contributed by atoms with van der Waals surface area (Å²) in [5.74, 6) is -0.825. The zero-order valence-electron chi connectivity index (χ0n) is 18.9. The van der Waals surface area contributed by atoms with Gasteiger partial charge in [0.05, 0.1) is 11.1 Å². The van der Waals surface area contributed by atoms with Crippen molar-refractivity contribution in [1.29, 1.82) is 0 Å². The second-order valence-electron chi connectivity index (χ2n) is 8.29. The fourth-order valence-electron chi connectivity index (χ4n) is 4.50. The van der Waals surface area contributed by atoms with Crippen molar-refractivity contribution in [3.8, 4) is 16.9 Å². The molecule has 0 spiro atoms. The number of halogens is 3. The normalized spacial score (nSPS) is 13.5. The Morgan fingerprint density at radius 1 is 1.12 bits per heavy atom. The van der Waals surface area contributed by atoms with Crippen LogP contribution in [0.2, 0.25) is 0 Å². The molecule has 0 amide bonds. The van der Waals surface area contributed by atoms with Crippen LogP contribution in [-0.4, -0.2) is 62.7 Å². The van der Waals surface area contributed by atoms with Crippen LogP contribution in [0.15, 0.2) is 30.6 Å². The zero-order chi connectivity index (χ0) is 21.4. The van der Waals surface area contributed by atoms with Crippen LogP contribution in [-0.2, 0) is 20.1 Å². The van der Waals surface area contributed by atoms with Crippen molar-refractivity contribution >= 4 is 54.1 Å². The molecular weight excluding hydrogens is 487 g/mol. The zero-order valence-corrected chi connectivity index (χ0v) is 21.4. The second kappa shape index (κ2) is 11.9. The molecule has 182 valence electrons. The number of hydrogen-bond donors (Lipinski definition) is 2. The third-order valence-electron chi connectivity index (χ3n) is 5.94. The molecule has 33 heavy (non-hydrogen) atoms. The molecular formula is C23H31Cl3N4O3. The van der Waals surface area contributed by atoms with Crippen LogP contribution >= 0.6 is 37.2 Å². The molecule has 3 heterocycles. The van der Waals surface area contributed by atoms with Crippen molar-refractivity contribution in [2.24, 2.45) is 7.05 Å². The van der Waals surface area contributed by atoms with E-state index in [0.717, 1.165) is 42.7 Å². The third-order valence-corrected chi connectivity index (χ3v) is 5.94. The van der Waals surface area contributed by atoms with Crippen LogP contribution in [0.4, 0.5) is 0 Å². The number of phenolic OH excluding ortho intramolecular Hbond substituents is 1. The standard InChI is InChI=1S/C23H28N4O3.3ClH/c1-25(2)13-17-20-18(12-16(22(17)28)15-6-8-24-9-7-15)26(3)19(21(20)23(29)30)14-27-10-4-5-11-27;;;/h6-9,12,28H,4-5,10-11,13-14H2,1-3H3,(H,29,30);3*1H. The van der Waals surface area contributed by atoms with E-state index < -0.39 is 5.97 Å². The van der Waals surface area contributed by atoms with Crippen molar-refractivity contribution in [2.75, 3.05) is 27.2 Å². The highest BCUT2D eigenvalue weighted by atomic mass is 35.5. The predicted octanol–water partition coefficient (Wildman–Crippen LogP) is 4.57. The summed E-state index contributed by atoms with van der Waals surface area (Å²) in [6.45, 7) is 3.01. The molecule has 1 fully saturated rings. The first-order chi connectivity index (χ1) is 14.4. The van der Waals surface area contributed by atoms with Crippen LogP contribution in [0.5, 0.6) is 5.75 Å². The average molecular weight is 518 g/mol. The number of aromatic hydroxyl groups is 1. The first-order valence-electron chi connectivity index (χ1n) is 10.2. The molecule has 0 saturated carbocycles. The number of carbonyl (C=O) groups is 1. The Hall–Kier alpha value is -2.03. The molecule has 2 N–H and O–H groups in total. The van der Waals surface area contributed by atoms with E-state index in [1.807, 2.05) is 48.8 Å². The molecule has 0 atom stereocenters. The Labute approximate surface area is 212 Å². The van der Waals surface area contributed by atoms with Crippen molar-refractivity contribution in [2.45, 2.75) is 25.9 Å². The summed E-state index contributed by atoms with van der Waals surface area (Å²) in [4.78, 5) is 20.7. The summed E-state index contributed by atoms with van der Waals surface area (Å²) < 4.78 is 1.99. The Kier molecular flexibility index (Phi) is 10.5. The fraction of sp³-hybridized carbons (Fsp3) is 0.391. The smallest absolute Gasteiger partial charge is 0.338 e. The first kappa shape index (κ1) is 29.0. The van der Waals surface area contributed by atoms with Gasteiger partial charge in [0.2, 0.25) is 0 Å². The molecule has 10 heteroatoms. The summed E-state index contributed by atoms with van der Waals surface area (Å²) in [6.07, 6.45) is 5.67. The number of rotatable bonds is 6. The van der Waals surface area contributed by atoms with Crippen LogP contribution in [0.25, 0.3) is 22.0 Å². The highest BCUT2D eigenvalue weighted by molar-refractivity contribution is 6.08. The highest BCUT2D eigenvalue weighted by Gasteiger charge is 2.28. The Balaban J connectivity index is 0.00000181. The third kappa shape index (κ3) is 5.55. The Bertz CT molecular complexity index is 1100. The van der Waals surface area contributed by atoms with Gasteiger partial charge in [0.15, 0.2) is 0 Å². The number of carboxylic acids is 1. The van der Waals surface area contributed by atoms with Crippen molar-refractivity contribution in [3.63, 3.8) is 0 Å². The monoisotopic (exact) mass is 516 g/mol. The van der Waals surface area contributed by atoms with Gasteiger partial charge >= 0.3 is 5.97 Å². The fourth-order valence-corrected chi connectivity index (χ4v) is 4.50. The number of aryl methyl sites for hydroxylation is 1. The van der Waals surface area contributed by atoms with Gasteiger partial charge in [-0.05, 0) is 63.8 Å². The minimum atomic E-state index is -0.953. The summed E-state index contributed by atoms with van der Waals surface area (Å²) in [7, 11) is 5.75. The summed E-state index contributed by atoms with van der Waals surface area (Å²) in [6, 6.07) is 5.61. The quantitative estimate of drug-likeness (QED) is 0.499. The average Bonchev–Trinajstić information content (AvgIpc) is 3.31. The number of aromatic nitrogens is 2. The molecule has 0 aliphatic carbocycles. The van der Waals surface area contributed by atoms with Gasteiger partial charge in [-0.15, -0.1) is 37.2 Å². The SMILES string of the molecule is CN(C)Cc1c(O)c(-c2ccncc2)cc2c1c(C(=O)O)c(CN1CCCC1)n2C.Cl.Cl.Cl. The first-order valence-corrected chi connectivity index (χ1v) is 10.2. The van der Waals surface area contributed by atoms with Gasteiger partial charge in [-0.1, -0.05) is 0 Å². The topological polar surface area (TPSA) is 81.8 Å². The van der Waals surface area contributed by atoms with E-state index in [1.165, 1.54) is 0 Å². The number of benzene rings is 1. The molecule has 0 radical (unpaired) electrons. The lowest BCUT2D eigenvalue weighted by Crippen LogP contribution is -2.21. The van der Waals surface area contributed by atoms with Gasteiger partial charge in [0.1, 0.15) is 5.75 Å². The maximum Gasteiger partial charge on any atom is 0.338 e. The number of carboxylic acid groups (broad SMARTS) is 1. The van der Waals surface area contributed by atoms with E-state index in [0.29, 0.717) is 35.2 Å². The van der Waals surface area contributed by atoms with Gasteiger partial charge in [-0.2, -0.15) is 0 Å². The van der Waals surface area contributed by atoms with E-state index in [1.54, 1.807) is 12.4 Å². The summed E-state index contributed by atoms with van der Waals surface area (Å²) >= 11 is 0. The van der Waals surface area contributed by atoms with E-state index >= 15 is 0 Å². The van der Waals surface area contributed by atoms with Crippen LogP contribution < -0.4 is 0 Å². The molecule has 3 aromatic rings. The number of nitrogens with zero attached hydrogens (tertiary/aromatic N) is 4. The molecule has 0 unspecified atom stereocenters. The summed E-state index contributed by atoms with van der Waals surface area (Å²) in [5, 5.41) is 22.0. The van der Waals surface area contributed by atoms with Crippen LogP contribution in [0.3, 0.4) is 0 Å². The molecule has 0 bridgehead atoms. The minimum Gasteiger partial charge on any atom is -0.507 e. The van der Waals surface area contributed by atoms with E-state index in [2.05, 4.69) is 9.88 Å². The van der Waals surface area contributed by atoms with Gasteiger partial charge in [0.25, 0.3) is 0 Å². The van der Waals surface area contributed by atoms with Crippen molar-refractivity contribution in [3.05, 3.63) is 47.4 Å². The number of fused-ring (bicyclic) bond motifs is 1. The van der Waals surface area contributed by atoms with Gasteiger partial charge in [-0.3, -0.25) is 9.88 Å². The van der Waals surface area contributed by atoms with Gasteiger partial charge in [0, 0.05) is 54.7 Å². The molecule has 1 saturated heterocycles. The largest absolute Gasteiger partial charge is 0.507 e. The maximum atomic E-state index is 12.4. The number of hydrogen-bond acceptors (Lipinski definition) is 5. The van der Waals surface area contributed by atoms with E-state index in [9.17, 15) is 15.0 Å². The maximum absolute atomic E-state index is 12.4. The molecule has 4 rings (SSSR count). The van der Waals surface area contributed by atoms with E-state index in [-0.39, 0.29) is 43.0 Å². The number of aromatic carboxylic acids is 1. The lowest BCUT2D eigenvalue weighted by Gasteiger charge is -2.16. The number of phenols is 1. The van der Waals surface area contributed by atoms with Crippen molar-refractivity contribution in [1.82, 2.24) is 19.4 Å². The Morgan fingerprint density at radius 3 is 2.27 bits per heavy atom. The lowest BCUT2D eigenvalue weighted by atomic mass is 9.96. The molecule has 1 aromatic carbocycles. The molecule has 7 nitrogen and oxygen atoms in total. The van der Waals surface area contributed by atoms with Crippen molar-refractivity contribution < 1.29 is 15.0 Å². The minimum absolute atomic E-state index is 0. The highest BCUT2D eigenvalue weighted by Crippen LogP contribution is 2.41. The van der Waals surface area contributed by atoms with Crippen LogP contribution in [0.1, 0.15) is 34.5 Å². The number of likely N-dealkylation sites (tertiary alicyclic amines) is 1. The lowest BCUT2D eigenvalue weighted by molar-refractivity contribution is 0.0696. The van der Waals surface area contributed by atoms with Crippen LogP contribution in [0, 0.1) is 0 Å². The second-order valence-corrected chi connectivity index (χ2v) is 8.29. The Morgan fingerprint density at radius 2 is 1.73 bits per heavy atom. The van der Waals surface area contributed by atoms with E-state index in [4.69, 9.17) is 0 Å². The summed E-state index contributed by atoms with van der Waals surface area (Å²) in [5.41, 5.74) is 4.09.